The number of rotatable bonds is 9. The number of carboxylic acids is 2. The van der Waals surface area contributed by atoms with Crippen LogP contribution in [0.3, 0.4) is 0 Å². The number of thioether (sulfide) groups is 2. The summed E-state index contributed by atoms with van der Waals surface area (Å²) in [6.07, 6.45) is -0.674. The van der Waals surface area contributed by atoms with Gasteiger partial charge in [-0.05, 0) is 19.4 Å². The fourth-order valence-corrected chi connectivity index (χ4v) is 6.85. The molecule has 10 N–H and O–H groups in total. The predicted octanol–water partition coefficient (Wildman–Crippen LogP) is -0.776. The van der Waals surface area contributed by atoms with Crippen molar-refractivity contribution in [2.45, 2.75) is 44.0 Å². The first-order valence-corrected chi connectivity index (χ1v) is 15.1. The molecule has 20 heteroatoms. The first kappa shape index (κ1) is 31.2. The van der Waals surface area contributed by atoms with Crippen LogP contribution in [0.1, 0.15) is 26.5 Å². The molecule has 4 heterocycles. The Balaban J connectivity index is 1.51. The molecule has 0 spiro atoms. The molecule has 3 aliphatic heterocycles. The Hall–Kier alpha value is -3.72. The maximum atomic E-state index is 13.2. The van der Waals surface area contributed by atoms with Gasteiger partial charge in [-0.3, -0.25) is 24.9 Å². The number of hydrazine groups is 1. The van der Waals surface area contributed by atoms with Crippen molar-refractivity contribution in [3.05, 3.63) is 22.3 Å². The van der Waals surface area contributed by atoms with Gasteiger partial charge in [-0.15, -0.1) is 23.1 Å². The Morgan fingerprint density at radius 1 is 1.36 bits per heavy atom. The van der Waals surface area contributed by atoms with E-state index in [0.717, 1.165) is 28.0 Å². The van der Waals surface area contributed by atoms with E-state index in [2.05, 4.69) is 20.4 Å². The first-order valence-electron chi connectivity index (χ1n) is 12.1. The molecule has 4 rings (SSSR count). The molecular formula is C22H28N10O7S3. The zero-order valence-corrected chi connectivity index (χ0v) is 24.9. The summed E-state index contributed by atoms with van der Waals surface area (Å²) in [5.74, 6) is 1.78. The number of nitrogens with two attached hydrogens (primary N) is 3. The van der Waals surface area contributed by atoms with Crippen molar-refractivity contribution in [1.82, 2.24) is 20.2 Å². The molecule has 1 fully saturated rings. The van der Waals surface area contributed by atoms with Crippen LogP contribution in [-0.2, 0) is 24.0 Å². The second-order valence-corrected chi connectivity index (χ2v) is 12.7. The molecule has 4 atom stereocenters. The van der Waals surface area contributed by atoms with Crippen LogP contribution in [0.5, 0.6) is 0 Å². The molecule has 3 unspecified atom stereocenters. The van der Waals surface area contributed by atoms with Gasteiger partial charge in [0.05, 0.1) is 5.92 Å². The average Bonchev–Trinajstić information content (AvgIpc) is 3.36. The van der Waals surface area contributed by atoms with Crippen LogP contribution in [0.25, 0.3) is 0 Å². The van der Waals surface area contributed by atoms with Gasteiger partial charge in [-0.2, -0.15) is 0 Å². The lowest BCUT2D eigenvalue weighted by molar-refractivity contribution is -0.161. The van der Waals surface area contributed by atoms with Crippen LogP contribution < -0.4 is 22.6 Å². The van der Waals surface area contributed by atoms with Crippen molar-refractivity contribution in [2.75, 3.05) is 17.2 Å². The van der Waals surface area contributed by atoms with Crippen LogP contribution in [-0.4, -0.2) is 100 Å². The number of amides is 2. The molecule has 0 bridgehead atoms. The van der Waals surface area contributed by atoms with E-state index in [-0.39, 0.29) is 39.0 Å². The lowest BCUT2D eigenvalue weighted by atomic mass is 10.0. The van der Waals surface area contributed by atoms with E-state index in [1.807, 2.05) is 0 Å². The molecule has 1 aromatic rings. The third kappa shape index (κ3) is 5.93. The number of fused-ring (bicyclic) bond motifs is 1. The van der Waals surface area contributed by atoms with E-state index < -0.39 is 58.6 Å². The summed E-state index contributed by atoms with van der Waals surface area (Å²) in [5.41, 5.74) is 9.73. The van der Waals surface area contributed by atoms with Crippen molar-refractivity contribution < 1.29 is 34.2 Å². The number of carbonyl (C=O) groups excluding carboxylic acids is 2. The lowest BCUT2D eigenvalue weighted by Crippen LogP contribution is -2.71. The van der Waals surface area contributed by atoms with Gasteiger partial charge in [-0.1, -0.05) is 23.8 Å². The molecule has 1 aromatic heterocycles. The van der Waals surface area contributed by atoms with E-state index in [0.29, 0.717) is 5.57 Å². The number of oxime groups is 1. The van der Waals surface area contributed by atoms with Crippen LogP contribution in [0.4, 0.5) is 5.13 Å². The summed E-state index contributed by atoms with van der Waals surface area (Å²) in [6, 6.07) is -1.11. The number of hydrogen-bond acceptors (Lipinski definition) is 15. The molecule has 0 aliphatic carbocycles. The highest BCUT2D eigenvalue weighted by Gasteiger charge is 2.54. The average molecular weight is 641 g/mol. The Labute approximate surface area is 251 Å². The number of β-lactam (4-membered cyclic amide) rings is 1. The number of nitrogen functional groups attached to an aromatic ring is 1. The number of thiazole rings is 1. The third-order valence-corrected chi connectivity index (χ3v) is 9.54. The number of aliphatic imine (C=N–C) groups is 1. The lowest BCUT2D eigenvalue weighted by Gasteiger charge is -2.49. The SMILES string of the molecule is CC1C(=N)N=C(SCC2=C(C(=O)O)N3C(=O)C(NC(=O)C(=NOC(C)(C)C(=O)O)c4csc(N)n4)[C@@H]3SC2)N(N)C1N. The molecular weight excluding hydrogens is 613 g/mol. The van der Waals surface area contributed by atoms with Gasteiger partial charge in [0, 0.05) is 16.9 Å². The summed E-state index contributed by atoms with van der Waals surface area (Å²) in [4.78, 5) is 64.4. The molecule has 42 heavy (non-hydrogen) atoms. The number of anilines is 1. The van der Waals surface area contributed by atoms with Crippen LogP contribution in [0.15, 0.2) is 26.8 Å². The van der Waals surface area contributed by atoms with Gasteiger partial charge in [-0.25, -0.2) is 25.4 Å². The number of nitrogens with one attached hydrogen (secondary N) is 2. The highest BCUT2D eigenvalue weighted by atomic mass is 32.2. The quantitative estimate of drug-likeness (QED) is 0.0755. The van der Waals surface area contributed by atoms with Gasteiger partial charge in [0.25, 0.3) is 11.8 Å². The number of aliphatic carboxylic acids is 2. The number of aromatic nitrogens is 1. The summed E-state index contributed by atoms with van der Waals surface area (Å²) >= 11 is 3.35. The molecule has 3 aliphatic rings. The first-order chi connectivity index (χ1) is 19.6. The number of carbonyl (C=O) groups is 4. The minimum absolute atomic E-state index is 0.00307. The fraction of sp³-hybridized carbons (Fsp3) is 0.455. The number of hydrogen-bond donors (Lipinski definition) is 7. The summed E-state index contributed by atoms with van der Waals surface area (Å²) in [5, 5.41) is 35.8. The highest BCUT2D eigenvalue weighted by molar-refractivity contribution is 8.14. The fourth-order valence-electron chi connectivity index (χ4n) is 3.85. The van der Waals surface area contributed by atoms with Crippen molar-refractivity contribution in [2.24, 2.45) is 27.6 Å². The molecule has 226 valence electrons. The Bertz CT molecular complexity index is 1440. The molecule has 0 saturated carbocycles. The number of carboxylic acid groups (broad SMARTS) is 2. The van der Waals surface area contributed by atoms with Crippen molar-refractivity contribution in [1.29, 1.82) is 5.41 Å². The zero-order chi connectivity index (χ0) is 31.1. The zero-order valence-electron chi connectivity index (χ0n) is 22.4. The van der Waals surface area contributed by atoms with E-state index in [1.54, 1.807) is 6.92 Å². The normalized spacial score (nSPS) is 24.6. The molecule has 17 nitrogen and oxygen atoms in total. The maximum absolute atomic E-state index is 13.2. The van der Waals surface area contributed by atoms with E-state index in [1.165, 1.54) is 36.0 Å². The Morgan fingerprint density at radius 3 is 2.64 bits per heavy atom. The van der Waals surface area contributed by atoms with Gasteiger partial charge in [0.15, 0.2) is 16.0 Å². The Kier molecular flexibility index (Phi) is 8.83. The van der Waals surface area contributed by atoms with Crippen LogP contribution >= 0.6 is 34.9 Å². The van der Waals surface area contributed by atoms with E-state index in [9.17, 15) is 29.4 Å². The van der Waals surface area contributed by atoms with E-state index in [4.69, 9.17) is 27.6 Å². The van der Waals surface area contributed by atoms with Gasteiger partial charge in [0.1, 0.15) is 34.8 Å². The Morgan fingerprint density at radius 2 is 2.05 bits per heavy atom. The minimum Gasteiger partial charge on any atom is -0.478 e. The summed E-state index contributed by atoms with van der Waals surface area (Å²) in [6.45, 7) is 4.18. The standard InChI is InChI=1S/C22H28N10O7S3/c1-7-13(23)29-21(32(26)14(7)24)42-5-8-4-40-17-11(16(34)31(17)12(8)18(35)36)28-15(33)10(9-6-41-20(25)27-9)30-39-22(2,3)19(37)38/h6-7,11,14,17,23H,4-5,24,26H2,1-3H3,(H2,25,27)(H,28,33)(H,35,36)(H,37,38)/t7?,11?,14?,17-/m0/s1. The second-order valence-electron chi connectivity index (χ2n) is 9.79. The van der Waals surface area contributed by atoms with Gasteiger partial charge < -0.3 is 31.8 Å². The predicted molar refractivity (Wildman–Crippen MR) is 156 cm³/mol. The van der Waals surface area contributed by atoms with E-state index >= 15 is 0 Å². The monoisotopic (exact) mass is 640 g/mol. The van der Waals surface area contributed by atoms with Gasteiger partial charge >= 0.3 is 11.9 Å². The van der Waals surface area contributed by atoms with Crippen molar-refractivity contribution in [3.63, 3.8) is 0 Å². The van der Waals surface area contributed by atoms with Crippen molar-refractivity contribution in [3.8, 4) is 0 Å². The minimum atomic E-state index is -1.78. The number of nitrogens with zero attached hydrogens (tertiary/aromatic N) is 5. The smallest absolute Gasteiger partial charge is 0.352 e. The second kappa shape index (κ2) is 11.9. The number of amidine groups is 2. The molecule has 0 aromatic carbocycles. The van der Waals surface area contributed by atoms with Gasteiger partial charge in [0.2, 0.25) is 5.60 Å². The van der Waals surface area contributed by atoms with Crippen molar-refractivity contribution >= 4 is 80.5 Å². The molecule has 0 radical (unpaired) electrons. The van der Waals surface area contributed by atoms with Crippen LogP contribution in [0, 0.1) is 11.3 Å². The molecule has 2 amide bonds. The topological polar surface area (TPSA) is 276 Å². The van der Waals surface area contributed by atoms with Crippen LogP contribution in [0.2, 0.25) is 0 Å². The summed E-state index contributed by atoms with van der Waals surface area (Å²) in [7, 11) is 0. The summed E-state index contributed by atoms with van der Waals surface area (Å²) < 4.78 is 0. The highest BCUT2D eigenvalue weighted by Crippen LogP contribution is 2.41. The maximum Gasteiger partial charge on any atom is 0.352 e. The largest absolute Gasteiger partial charge is 0.478 e. The third-order valence-electron chi connectivity index (χ3n) is 6.47. The molecule has 1 saturated heterocycles.